The van der Waals surface area contributed by atoms with E-state index in [9.17, 15) is 5.11 Å². The van der Waals surface area contributed by atoms with Crippen molar-refractivity contribution in [2.75, 3.05) is 6.61 Å². The molecule has 1 fully saturated rings. The van der Waals surface area contributed by atoms with Crippen LogP contribution in [0.1, 0.15) is 0 Å². The van der Waals surface area contributed by atoms with Gasteiger partial charge in [-0.1, -0.05) is 0 Å². The Morgan fingerprint density at radius 1 is 1.18 bits per heavy atom. The molecule has 66 valence electrons. The first-order valence-electron chi connectivity index (χ1n) is 3.43. The molecule has 4 atom stereocenters. The molecule has 4 nitrogen and oxygen atoms in total. The molecule has 0 radical (unpaired) electrons. The number of hydrogen-bond donors (Lipinski definition) is 4. The van der Waals surface area contributed by atoms with Gasteiger partial charge in [0.2, 0.25) is 0 Å². The topological polar surface area (TPSA) is 80.9 Å². The Kier molecular flexibility index (Phi) is 3.30. The second-order valence-electron chi connectivity index (χ2n) is 2.60. The summed E-state index contributed by atoms with van der Waals surface area (Å²) in [5, 5.41) is 36.7. The fraction of sp³-hybridized carbons (Fsp3) is 1.00. The first-order valence-corrected chi connectivity index (χ1v) is 5.63. The van der Waals surface area contributed by atoms with Crippen LogP contribution in [-0.4, -0.2) is 60.3 Å². The Balaban J connectivity index is 2.52. The maximum atomic E-state index is 9.25. The summed E-state index contributed by atoms with van der Waals surface area (Å²) in [7, 11) is 0. The monoisotopic (exact) mass is 228 g/mol. The number of aliphatic hydroxyl groups excluding tert-OH is 4. The molecular weight excluding hydrogens is 215 g/mol. The number of hydrogen-bond acceptors (Lipinski definition) is 4. The van der Waals surface area contributed by atoms with Crippen LogP contribution in [0.5, 0.6) is 0 Å². The Hall–Kier alpha value is 0.359. The van der Waals surface area contributed by atoms with E-state index in [4.69, 9.17) is 15.3 Å². The third-order valence-corrected chi connectivity index (χ3v) is 4.70. The molecule has 0 aliphatic carbocycles. The van der Waals surface area contributed by atoms with Gasteiger partial charge in [0.1, 0.15) is 0 Å². The van der Waals surface area contributed by atoms with E-state index in [1.807, 2.05) is 0 Å². The van der Waals surface area contributed by atoms with Crippen LogP contribution in [-0.2, 0) is 0 Å². The molecule has 0 spiro atoms. The van der Waals surface area contributed by atoms with Gasteiger partial charge in [-0.25, -0.2) is 0 Å². The molecule has 4 N–H and O–H groups in total. The summed E-state index contributed by atoms with van der Waals surface area (Å²) in [6.45, 7) is -0.106. The molecule has 1 heterocycles. The summed E-state index contributed by atoms with van der Waals surface area (Å²) >= 11 is 0.0345. The predicted octanol–water partition coefficient (Wildman–Crippen LogP) is -2.01. The molecular formula is C6H12O4Se. The van der Waals surface area contributed by atoms with Crippen LogP contribution in [0.15, 0.2) is 0 Å². The average molecular weight is 227 g/mol. The predicted molar refractivity (Wildman–Crippen MR) is 39.4 cm³/mol. The van der Waals surface area contributed by atoms with Crippen LogP contribution in [0.25, 0.3) is 0 Å². The average Bonchev–Trinajstić information content (AvgIpc) is 2.01. The van der Waals surface area contributed by atoms with Crippen molar-refractivity contribution >= 4 is 15.0 Å². The zero-order valence-electron chi connectivity index (χ0n) is 5.92. The van der Waals surface area contributed by atoms with Crippen molar-refractivity contribution in [3.8, 4) is 0 Å². The first-order chi connectivity index (χ1) is 5.16. The Bertz CT molecular complexity index is 130. The zero-order valence-corrected chi connectivity index (χ0v) is 7.63. The van der Waals surface area contributed by atoms with Crippen LogP contribution in [0, 0.1) is 0 Å². The molecule has 0 aromatic rings. The van der Waals surface area contributed by atoms with Crippen LogP contribution >= 0.6 is 0 Å². The Morgan fingerprint density at radius 2 is 1.82 bits per heavy atom. The Labute approximate surface area is 71.0 Å². The van der Waals surface area contributed by atoms with Crippen molar-refractivity contribution < 1.29 is 20.4 Å². The number of rotatable bonds is 1. The molecule has 1 rings (SSSR count). The van der Waals surface area contributed by atoms with Gasteiger partial charge in [0.15, 0.2) is 0 Å². The van der Waals surface area contributed by atoms with Crippen molar-refractivity contribution in [1.29, 1.82) is 0 Å². The standard InChI is InChI=1S/C6H12O4Se/c7-1-4-6(10)5(9)3(8)2-11-4/h3-10H,1-2H2. The van der Waals surface area contributed by atoms with E-state index in [0.717, 1.165) is 0 Å². The summed E-state index contributed by atoms with van der Waals surface area (Å²) in [5.74, 6) is 0. The second kappa shape index (κ2) is 3.85. The Morgan fingerprint density at radius 3 is 2.36 bits per heavy atom. The van der Waals surface area contributed by atoms with Crippen LogP contribution < -0.4 is 0 Å². The minimum absolute atomic E-state index is 0.0345. The molecule has 1 aliphatic heterocycles. The van der Waals surface area contributed by atoms with Crippen molar-refractivity contribution in [3.63, 3.8) is 0 Å². The van der Waals surface area contributed by atoms with Crippen molar-refractivity contribution in [3.05, 3.63) is 0 Å². The summed E-state index contributed by atoms with van der Waals surface area (Å²) in [6.07, 6.45) is -2.85. The van der Waals surface area contributed by atoms with Crippen LogP contribution in [0.3, 0.4) is 0 Å². The fourth-order valence-corrected chi connectivity index (χ4v) is 3.35. The van der Waals surface area contributed by atoms with E-state index in [-0.39, 0.29) is 26.4 Å². The van der Waals surface area contributed by atoms with E-state index in [0.29, 0.717) is 5.32 Å². The molecule has 1 aliphatic rings. The summed E-state index contributed by atoms with van der Waals surface area (Å²) < 4.78 is 0. The maximum absolute atomic E-state index is 9.25. The molecule has 0 aromatic carbocycles. The fourth-order valence-electron chi connectivity index (χ4n) is 1.03. The molecule has 11 heavy (non-hydrogen) atoms. The number of aliphatic hydroxyl groups is 4. The van der Waals surface area contributed by atoms with Crippen molar-refractivity contribution in [1.82, 2.24) is 0 Å². The van der Waals surface area contributed by atoms with Gasteiger partial charge in [-0.15, -0.1) is 0 Å². The molecule has 0 aromatic heterocycles. The molecule has 4 unspecified atom stereocenters. The second-order valence-corrected chi connectivity index (χ2v) is 5.27. The summed E-state index contributed by atoms with van der Waals surface area (Å²) in [4.78, 5) is -0.221. The van der Waals surface area contributed by atoms with Crippen LogP contribution in [0.4, 0.5) is 0 Å². The van der Waals surface area contributed by atoms with E-state index >= 15 is 0 Å². The molecule has 5 heteroatoms. The molecule has 0 amide bonds. The van der Waals surface area contributed by atoms with Gasteiger partial charge >= 0.3 is 70.4 Å². The summed E-state index contributed by atoms with van der Waals surface area (Å²) in [5.41, 5.74) is 0. The van der Waals surface area contributed by atoms with Gasteiger partial charge in [-0.2, -0.15) is 0 Å². The van der Waals surface area contributed by atoms with E-state index < -0.39 is 18.3 Å². The molecule has 0 saturated carbocycles. The van der Waals surface area contributed by atoms with Crippen molar-refractivity contribution in [2.45, 2.75) is 28.4 Å². The van der Waals surface area contributed by atoms with E-state index in [2.05, 4.69) is 0 Å². The van der Waals surface area contributed by atoms with Gasteiger partial charge in [-0.05, 0) is 0 Å². The van der Waals surface area contributed by atoms with Gasteiger partial charge in [0.25, 0.3) is 0 Å². The summed E-state index contributed by atoms with van der Waals surface area (Å²) in [6, 6.07) is 0. The quantitative estimate of drug-likeness (QED) is 0.390. The van der Waals surface area contributed by atoms with Gasteiger partial charge in [-0.3, -0.25) is 0 Å². The van der Waals surface area contributed by atoms with Gasteiger partial charge < -0.3 is 0 Å². The van der Waals surface area contributed by atoms with Crippen molar-refractivity contribution in [2.24, 2.45) is 0 Å². The third-order valence-electron chi connectivity index (χ3n) is 1.79. The minimum atomic E-state index is -1.08. The molecule has 1 saturated heterocycles. The zero-order chi connectivity index (χ0) is 8.43. The normalized spacial score (nSPS) is 45.8. The SMILES string of the molecule is OCC1[Se]CC(O)C(O)C1O. The van der Waals surface area contributed by atoms with E-state index in [1.54, 1.807) is 0 Å². The van der Waals surface area contributed by atoms with Crippen LogP contribution in [0.2, 0.25) is 10.1 Å². The third kappa shape index (κ3) is 1.93. The first kappa shape index (κ1) is 9.45. The van der Waals surface area contributed by atoms with E-state index in [1.165, 1.54) is 0 Å². The van der Waals surface area contributed by atoms with Gasteiger partial charge in [0, 0.05) is 0 Å². The van der Waals surface area contributed by atoms with Gasteiger partial charge in [0.05, 0.1) is 0 Å². The molecule has 0 bridgehead atoms.